The SMILES string of the molecule is [C-]#[N+]c1ccc(S(=O)(=O)N2CCC[C@H]2C(=O)CCc2cc(-c3ccc(C(F)(F)F)cc3)ncn2)cc1. The lowest BCUT2D eigenvalue weighted by Crippen LogP contribution is -2.40. The lowest BCUT2D eigenvalue weighted by atomic mass is 10.0. The van der Waals surface area contributed by atoms with E-state index in [1.807, 2.05) is 0 Å². The fraction of sp³-hybridized carbons (Fsp3) is 0.280. The molecule has 0 aliphatic carbocycles. The molecule has 1 saturated heterocycles. The summed E-state index contributed by atoms with van der Waals surface area (Å²) in [5.41, 5.74) is 0.993. The fourth-order valence-electron chi connectivity index (χ4n) is 4.12. The summed E-state index contributed by atoms with van der Waals surface area (Å²) < 4.78 is 65.9. The van der Waals surface area contributed by atoms with E-state index in [0.717, 1.165) is 12.1 Å². The molecule has 0 unspecified atom stereocenters. The van der Waals surface area contributed by atoms with E-state index >= 15 is 0 Å². The Morgan fingerprint density at radius 1 is 1.08 bits per heavy atom. The first-order valence-corrected chi connectivity index (χ1v) is 12.5. The number of ketones is 1. The van der Waals surface area contributed by atoms with Crippen LogP contribution < -0.4 is 0 Å². The second-order valence-corrected chi connectivity index (χ2v) is 10.2. The topological polar surface area (TPSA) is 84.6 Å². The molecule has 186 valence electrons. The first-order valence-electron chi connectivity index (χ1n) is 11.1. The Kier molecular flexibility index (Phi) is 7.19. The summed E-state index contributed by atoms with van der Waals surface area (Å²) in [6.45, 7) is 7.24. The van der Waals surface area contributed by atoms with Crippen LogP contribution in [0.15, 0.2) is 65.8 Å². The molecule has 0 N–H and O–H groups in total. The minimum Gasteiger partial charge on any atom is -0.298 e. The monoisotopic (exact) mass is 514 g/mol. The van der Waals surface area contributed by atoms with Gasteiger partial charge in [0.05, 0.1) is 28.8 Å². The highest BCUT2D eigenvalue weighted by Gasteiger charge is 2.39. The lowest BCUT2D eigenvalue weighted by molar-refractivity contribution is -0.137. The average molecular weight is 515 g/mol. The van der Waals surface area contributed by atoms with Gasteiger partial charge in [0.15, 0.2) is 11.5 Å². The predicted molar refractivity (Wildman–Crippen MR) is 125 cm³/mol. The lowest BCUT2D eigenvalue weighted by Gasteiger charge is -2.23. The van der Waals surface area contributed by atoms with E-state index < -0.39 is 27.8 Å². The number of halogens is 3. The maximum absolute atomic E-state index is 13.1. The van der Waals surface area contributed by atoms with Crippen molar-refractivity contribution in [1.29, 1.82) is 0 Å². The number of sulfonamides is 1. The van der Waals surface area contributed by atoms with Crippen molar-refractivity contribution >= 4 is 21.5 Å². The van der Waals surface area contributed by atoms with E-state index in [9.17, 15) is 26.4 Å². The highest BCUT2D eigenvalue weighted by atomic mass is 32.2. The number of benzene rings is 2. The zero-order valence-corrected chi connectivity index (χ0v) is 19.8. The Bertz CT molecular complexity index is 1400. The Morgan fingerprint density at radius 2 is 1.78 bits per heavy atom. The van der Waals surface area contributed by atoms with E-state index in [0.29, 0.717) is 35.5 Å². The standard InChI is InChI=1S/C25H21F3N4O3S/c1-29-19-8-11-21(12-9-19)36(34,35)32-14-2-3-23(32)24(33)13-10-20-15-22(31-16-30-20)17-4-6-18(7-5-17)25(26,27)28/h4-9,11-12,15-16,23H,2-3,10,13-14H2/t23-/m0/s1. The molecule has 1 aromatic heterocycles. The highest BCUT2D eigenvalue weighted by molar-refractivity contribution is 7.89. The molecule has 36 heavy (non-hydrogen) atoms. The second-order valence-electron chi connectivity index (χ2n) is 8.32. The number of carbonyl (C=O) groups excluding carboxylic acids is 1. The molecule has 0 amide bonds. The predicted octanol–water partition coefficient (Wildman–Crippen LogP) is 5.07. The van der Waals surface area contributed by atoms with Crippen LogP contribution in [0.1, 0.15) is 30.5 Å². The highest BCUT2D eigenvalue weighted by Crippen LogP contribution is 2.31. The van der Waals surface area contributed by atoms with Crippen molar-refractivity contribution in [3.8, 4) is 11.3 Å². The van der Waals surface area contributed by atoms with E-state index in [1.165, 1.54) is 47.0 Å². The molecule has 2 heterocycles. The zero-order valence-electron chi connectivity index (χ0n) is 18.9. The number of nitrogens with zero attached hydrogens (tertiary/aromatic N) is 4. The third-order valence-electron chi connectivity index (χ3n) is 6.01. The third kappa shape index (κ3) is 5.45. The van der Waals surface area contributed by atoms with Gasteiger partial charge < -0.3 is 0 Å². The van der Waals surface area contributed by atoms with Crippen LogP contribution in [-0.4, -0.2) is 41.1 Å². The molecule has 1 atom stereocenters. The van der Waals surface area contributed by atoms with Crippen molar-refractivity contribution in [3.05, 3.63) is 83.6 Å². The van der Waals surface area contributed by atoms with Crippen LogP contribution >= 0.6 is 0 Å². The van der Waals surface area contributed by atoms with Gasteiger partial charge in [0.2, 0.25) is 10.0 Å². The van der Waals surface area contributed by atoms with Gasteiger partial charge in [-0.05, 0) is 37.5 Å². The molecule has 1 aliphatic rings. The molecule has 11 heteroatoms. The molecule has 0 bridgehead atoms. The van der Waals surface area contributed by atoms with Crippen molar-refractivity contribution in [3.63, 3.8) is 0 Å². The third-order valence-corrected chi connectivity index (χ3v) is 7.93. The average Bonchev–Trinajstić information content (AvgIpc) is 3.38. The summed E-state index contributed by atoms with van der Waals surface area (Å²) in [7, 11) is -3.89. The van der Waals surface area contributed by atoms with Crippen LogP contribution in [0.2, 0.25) is 0 Å². The molecule has 4 rings (SSSR count). The number of rotatable bonds is 7. The Morgan fingerprint density at radius 3 is 2.42 bits per heavy atom. The number of hydrogen-bond donors (Lipinski definition) is 0. The quantitative estimate of drug-likeness (QED) is 0.411. The van der Waals surface area contributed by atoms with Crippen LogP contribution in [0.3, 0.4) is 0 Å². The molecular weight excluding hydrogens is 493 g/mol. The summed E-state index contributed by atoms with van der Waals surface area (Å²) >= 11 is 0. The van der Waals surface area contributed by atoms with Gasteiger partial charge in [-0.3, -0.25) is 4.79 Å². The number of carbonyl (C=O) groups is 1. The van der Waals surface area contributed by atoms with Gasteiger partial charge in [-0.2, -0.15) is 17.5 Å². The summed E-state index contributed by atoms with van der Waals surface area (Å²) in [6.07, 6.45) is -1.89. The number of hydrogen-bond acceptors (Lipinski definition) is 5. The van der Waals surface area contributed by atoms with E-state index in [-0.39, 0.29) is 30.1 Å². The Hall–Kier alpha value is -3.62. The molecule has 0 radical (unpaired) electrons. The summed E-state index contributed by atoms with van der Waals surface area (Å²) in [4.78, 5) is 24.6. The van der Waals surface area contributed by atoms with E-state index in [4.69, 9.17) is 6.57 Å². The molecule has 7 nitrogen and oxygen atoms in total. The van der Waals surface area contributed by atoms with Crippen molar-refractivity contribution in [1.82, 2.24) is 14.3 Å². The van der Waals surface area contributed by atoms with Crippen LogP contribution in [0.25, 0.3) is 16.1 Å². The maximum Gasteiger partial charge on any atom is 0.416 e. The van der Waals surface area contributed by atoms with Crippen LogP contribution in [-0.2, 0) is 27.4 Å². The number of aryl methyl sites for hydroxylation is 1. The van der Waals surface area contributed by atoms with Crippen molar-refractivity contribution in [2.75, 3.05) is 6.54 Å². The largest absolute Gasteiger partial charge is 0.416 e. The number of aromatic nitrogens is 2. The van der Waals surface area contributed by atoms with Gasteiger partial charge in [0.1, 0.15) is 6.33 Å². The molecule has 0 saturated carbocycles. The molecule has 1 fully saturated rings. The van der Waals surface area contributed by atoms with E-state index in [1.54, 1.807) is 6.07 Å². The van der Waals surface area contributed by atoms with Crippen LogP contribution in [0.4, 0.5) is 18.9 Å². The van der Waals surface area contributed by atoms with Gasteiger partial charge in [0, 0.05) is 24.2 Å². The van der Waals surface area contributed by atoms with Gasteiger partial charge >= 0.3 is 6.18 Å². The zero-order chi connectivity index (χ0) is 25.9. The summed E-state index contributed by atoms with van der Waals surface area (Å²) in [6, 6.07) is 11.0. The molecule has 2 aromatic carbocycles. The van der Waals surface area contributed by atoms with Gasteiger partial charge in [-0.25, -0.2) is 23.2 Å². The fourth-order valence-corrected chi connectivity index (χ4v) is 5.80. The van der Waals surface area contributed by atoms with Crippen molar-refractivity contribution < 1.29 is 26.4 Å². The van der Waals surface area contributed by atoms with Crippen molar-refractivity contribution in [2.45, 2.75) is 42.8 Å². The first kappa shape index (κ1) is 25.5. The normalized spacial score (nSPS) is 16.6. The maximum atomic E-state index is 13.1. The Balaban J connectivity index is 1.44. The second kappa shape index (κ2) is 10.2. The smallest absolute Gasteiger partial charge is 0.298 e. The molecular formula is C25H21F3N4O3S. The molecule has 0 spiro atoms. The van der Waals surface area contributed by atoms with E-state index in [2.05, 4.69) is 14.8 Å². The Labute approximate surface area is 206 Å². The summed E-state index contributed by atoms with van der Waals surface area (Å²) in [5.74, 6) is -0.233. The van der Waals surface area contributed by atoms with Crippen LogP contribution in [0, 0.1) is 6.57 Å². The minimum atomic E-state index is -4.43. The van der Waals surface area contributed by atoms with Gasteiger partial charge in [-0.15, -0.1) is 0 Å². The van der Waals surface area contributed by atoms with Crippen molar-refractivity contribution in [2.24, 2.45) is 0 Å². The summed E-state index contributed by atoms with van der Waals surface area (Å²) in [5, 5.41) is 0. The van der Waals surface area contributed by atoms with Gasteiger partial charge in [0.25, 0.3) is 0 Å². The molecule has 1 aliphatic heterocycles. The minimum absolute atomic E-state index is 0.0339. The molecule has 3 aromatic rings. The number of Topliss-reactive ketones (excluding diaryl/α,β-unsaturated/α-hetero) is 1. The van der Waals surface area contributed by atoms with Crippen LogP contribution in [0.5, 0.6) is 0 Å². The van der Waals surface area contributed by atoms with Gasteiger partial charge in [-0.1, -0.05) is 36.4 Å². The first-order chi connectivity index (χ1) is 17.1. The number of alkyl halides is 3.